The Morgan fingerprint density at radius 1 is 0.812 bits per heavy atom. The third kappa shape index (κ3) is 2.79. The maximum Gasteiger partial charge on any atom is 0.227 e. The van der Waals surface area contributed by atoms with E-state index >= 15 is 0 Å². The van der Waals surface area contributed by atoms with Gasteiger partial charge in [-0.15, -0.1) is 0 Å². The molecule has 0 aliphatic carbocycles. The van der Waals surface area contributed by atoms with E-state index in [2.05, 4.69) is 101 Å². The standard InChI is InChI=1S/C28H25N3O/c1-18-13-15-22-23-16-14-19(2)29-28(23)32-27(22)26(18)30-17-20(3)31(21-9-5-4-6-10-21)25-12-8-7-11-24(25)30/h4-16,20H,17H2,1-3H3/t20-/m0/s1. The molecule has 3 heterocycles. The summed E-state index contributed by atoms with van der Waals surface area (Å²) in [7, 11) is 0. The van der Waals surface area contributed by atoms with Crippen LogP contribution in [0.3, 0.4) is 0 Å². The van der Waals surface area contributed by atoms with E-state index in [-0.39, 0.29) is 6.04 Å². The minimum atomic E-state index is 0.284. The summed E-state index contributed by atoms with van der Waals surface area (Å²) in [6.45, 7) is 7.31. The number of hydrogen-bond donors (Lipinski definition) is 0. The molecule has 0 amide bonds. The molecule has 0 spiro atoms. The highest BCUT2D eigenvalue weighted by atomic mass is 16.3. The molecular weight excluding hydrogens is 394 g/mol. The van der Waals surface area contributed by atoms with Crippen LogP contribution in [0, 0.1) is 13.8 Å². The maximum absolute atomic E-state index is 6.39. The van der Waals surface area contributed by atoms with Crippen molar-refractivity contribution >= 4 is 44.8 Å². The van der Waals surface area contributed by atoms with Gasteiger partial charge < -0.3 is 14.2 Å². The highest BCUT2D eigenvalue weighted by Crippen LogP contribution is 2.47. The van der Waals surface area contributed by atoms with Gasteiger partial charge >= 0.3 is 0 Å². The van der Waals surface area contributed by atoms with Crippen LogP contribution in [0.5, 0.6) is 0 Å². The summed E-state index contributed by atoms with van der Waals surface area (Å²) in [6, 6.07) is 28.1. The molecule has 0 unspecified atom stereocenters. The van der Waals surface area contributed by atoms with Gasteiger partial charge in [-0.05, 0) is 62.7 Å². The Labute approximate surface area is 187 Å². The summed E-state index contributed by atoms with van der Waals surface area (Å²) in [4.78, 5) is 9.50. The predicted octanol–water partition coefficient (Wildman–Crippen LogP) is 7.28. The molecule has 0 saturated carbocycles. The van der Waals surface area contributed by atoms with Crippen LogP contribution >= 0.6 is 0 Å². The SMILES string of the molecule is Cc1ccc2c(n1)oc1c(N3C[C@H](C)N(c4ccccc4)c4ccccc43)c(C)ccc12. The molecule has 0 radical (unpaired) electrons. The lowest BCUT2D eigenvalue weighted by Gasteiger charge is -2.43. The van der Waals surface area contributed by atoms with Crippen LogP contribution in [0.15, 0.2) is 83.3 Å². The molecule has 3 aromatic carbocycles. The third-order valence-corrected chi connectivity index (χ3v) is 6.45. The van der Waals surface area contributed by atoms with Crippen LogP contribution in [0.25, 0.3) is 22.1 Å². The molecule has 1 aliphatic rings. The van der Waals surface area contributed by atoms with Crippen molar-refractivity contribution in [3.8, 4) is 0 Å². The second kappa shape index (κ2) is 7.13. The molecule has 0 saturated heterocycles. The Balaban J connectivity index is 1.58. The number of aromatic nitrogens is 1. The van der Waals surface area contributed by atoms with Gasteiger partial charge in [0, 0.05) is 34.7 Å². The zero-order valence-electron chi connectivity index (χ0n) is 18.5. The van der Waals surface area contributed by atoms with E-state index in [1.807, 2.05) is 13.0 Å². The second-order valence-corrected chi connectivity index (χ2v) is 8.67. The number of pyridine rings is 1. The number of anilines is 4. The highest BCUT2D eigenvalue weighted by molar-refractivity contribution is 6.09. The number of benzene rings is 3. The lowest BCUT2D eigenvalue weighted by Crippen LogP contribution is -2.43. The average Bonchev–Trinajstić information content (AvgIpc) is 3.16. The third-order valence-electron chi connectivity index (χ3n) is 6.45. The summed E-state index contributed by atoms with van der Waals surface area (Å²) < 4.78 is 6.39. The first-order valence-corrected chi connectivity index (χ1v) is 11.1. The largest absolute Gasteiger partial charge is 0.435 e. The van der Waals surface area contributed by atoms with E-state index in [0.717, 1.165) is 34.3 Å². The molecule has 2 aromatic heterocycles. The zero-order chi connectivity index (χ0) is 21.8. The molecule has 0 N–H and O–H groups in total. The molecule has 1 aliphatic heterocycles. The van der Waals surface area contributed by atoms with Crippen LogP contribution in [0.1, 0.15) is 18.2 Å². The minimum Gasteiger partial charge on any atom is -0.435 e. The van der Waals surface area contributed by atoms with Gasteiger partial charge in [0.15, 0.2) is 5.58 Å². The fourth-order valence-corrected chi connectivity index (χ4v) is 5.00. The Kier molecular flexibility index (Phi) is 4.22. The summed E-state index contributed by atoms with van der Waals surface area (Å²) >= 11 is 0. The fraction of sp³-hybridized carbons (Fsp3) is 0.179. The molecule has 5 aromatic rings. The van der Waals surface area contributed by atoms with Gasteiger partial charge in [0.25, 0.3) is 0 Å². The Hall–Kier alpha value is -3.79. The van der Waals surface area contributed by atoms with E-state index in [0.29, 0.717) is 5.71 Å². The Bertz CT molecular complexity index is 1450. The van der Waals surface area contributed by atoms with E-state index < -0.39 is 0 Å². The number of furan rings is 1. The molecule has 1 atom stereocenters. The molecule has 6 rings (SSSR count). The summed E-state index contributed by atoms with van der Waals surface area (Å²) in [5.74, 6) is 0. The lowest BCUT2D eigenvalue weighted by atomic mass is 10.0. The van der Waals surface area contributed by atoms with Gasteiger partial charge in [-0.1, -0.05) is 42.5 Å². The monoisotopic (exact) mass is 419 g/mol. The number of aryl methyl sites for hydroxylation is 2. The quantitative estimate of drug-likeness (QED) is 0.301. The molecule has 4 heteroatoms. The Morgan fingerprint density at radius 2 is 1.53 bits per heavy atom. The van der Waals surface area contributed by atoms with Gasteiger partial charge in [0.1, 0.15) is 0 Å². The van der Waals surface area contributed by atoms with Gasteiger partial charge in [-0.3, -0.25) is 0 Å². The molecular formula is C28H25N3O. The van der Waals surface area contributed by atoms with Gasteiger partial charge in [0.05, 0.1) is 17.1 Å². The molecule has 0 fully saturated rings. The van der Waals surface area contributed by atoms with Crippen molar-refractivity contribution in [2.45, 2.75) is 26.8 Å². The molecule has 158 valence electrons. The highest BCUT2D eigenvalue weighted by Gasteiger charge is 2.32. The van der Waals surface area contributed by atoms with Crippen molar-refractivity contribution in [2.24, 2.45) is 0 Å². The van der Waals surface area contributed by atoms with E-state index in [1.165, 1.54) is 22.6 Å². The van der Waals surface area contributed by atoms with E-state index in [4.69, 9.17) is 4.42 Å². The van der Waals surface area contributed by atoms with Crippen LogP contribution in [0.2, 0.25) is 0 Å². The summed E-state index contributed by atoms with van der Waals surface area (Å²) in [6.07, 6.45) is 0. The first-order chi connectivity index (χ1) is 15.6. The lowest BCUT2D eigenvalue weighted by molar-refractivity contribution is 0.644. The van der Waals surface area contributed by atoms with Crippen molar-refractivity contribution < 1.29 is 4.42 Å². The van der Waals surface area contributed by atoms with Crippen molar-refractivity contribution in [2.75, 3.05) is 16.3 Å². The Morgan fingerprint density at radius 3 is 2.34 bits per heavy atom. The normalized spacial score (nSPS) is 16.0. The van der Waals surface area contributed by atoms with Crippen LogP contribution in [-0.2, 0) is 0 Å². The van der Waals surface area contributed by atoms with Gasteiger partial charge in [-0.25, -0.2) is 4.98 Å². The van der Waals surface area contributed by atoms with Crippen molar-refractivity contribution in [1.82, 2.24) is 4.98 Å². The topological polar surface area (TPSA) is 32.5 Å². The zero-order valence-corrected chi connectivity index (χ0v) is 18.5. The molecule has 0 bridgehead atoms. The summed E-state index contributed by atoms with van der Waals surface area (Å²) in [5, 5.41) is 2.18. The predicted molar refractivity (Wildman–Crippen MR) is 132 cm³/mol. The number of rotatable bonds is 2. The van der Waals surface area contributed by atoms with Gasteiger partial charge in [0.2, 0.25) is 5.71 Å². The number of nitrogens with zero attached hydrogens (tertiary/aromatic N) is 3. The smallest absolute Gasteiger partial charge is 0.227 e. The van der Waals surface area contributed by atoms with Crippen molar-refractivity contribution in [3.05, 3.63) is 90.1 Å². The molecule has 32 heavy (non-hydrogen) atoms. The van der Waals surface area contributed by atoms with Crippen LogP contribution in [-0.4, -0.2) is 17.6 Å². The minimum absolute atomic E-state index is 0.284. The van der Waals surface area contributed by atoms with Crippen molar-refractivity contribution in [3.63, 3.8) is 0 Å². The van der Waals surface area contributed by atoms with Gasteiger partial charge in [-0.2, -0.15) is 0 Å². The van der Waals surface area contributed by atoms with Crippen LogP contribution < -0.4 is 9.80 Å². The maximum atomic E-state index is 6.39. The first kappa shape index (κ1) is 18.9. The number of fused-ring (bicyclic) bond motifs is 4. The fourth-order valence-electron chi connectivity index (χ4n) is 5.00. The molecule has 4 nitrogen and oxygen atoms in total. The first-order valence-electron chi connectivity index (χ1n) is 11.1. The average molecular weight is 420 g/mol. The number of hydrogen-bond acceptors (Lipinski definition) is 4. The summed E-state index contributed by atoms with van der Waals surface area (Å²) in [5.41, 5.74) is 8.52. The van der Waals surface area contributed by atoms with Crippen LogP contribution in [0.4, 0.5) is 22.7 Å². The second-order valence-electron chi connectivity index (χ2n) is 8.67. The van der Waals surface area contributed by atoms with E-state index in [1.54, 1.807) is 0 Å². The van der Waals surface area contributed by atoms with Crippen molar-refractivity contribution in [1.29, 1.82) is 0 Å². The number of para-hydroxylation sites is 3. The van der Waals surface area contributed by atoms with E-state index in [9.17, 15) is 0 Å².